The number of nitrogens with one attached hydrogen (secondary N) is 1. The van der Waals surface area contributed by atoms with Crippen molar-refractivity contribution in [2.24, 2.45) is 5.92 Å². The predicted octanol–water partition coefficient (Wildman–Crippen LogP) is 4.54. The van der Waals surface area contributed by atoms with Crippen LogP contribution in [0.3, 0.4) is 0 Å². The Balaban J connectivity index is 1.84. The molecule has 0 aromatic heterocycles. The Morgan fingerprint density at radius 2 is 1.81 bits per heavy atom. The number of amides is 1. The van der Waals surface area contributed by atoms with Gasteiger partial charge >= 0.3 is 0 Å². The Morgan fingerprint density at radius 1 is 1.19 bits per heavy atom. The summed E-state index contributed by atoms with van der Waals surface area (Å²) in [6.07, 6.45) is 8.10. The van der Waals surface area contributed by atoms with Gasteiger partial charge in [-0.25, -0.2) is 4.39 Å². The Morgan fingerprint density at radius 3 is 2.43 bits per heavy atom. The Hall–Kier alpha value is -1.38. The van der Waals surface area contributed by atoms with Gasteiger partial charge in [0, 0.05) is 6.42 Å². The van der Waals surface area contributed by atoms with Crippen molar-refractivity contribution in [1.82, 2.24) is 5.32 Å². The van der Waals surface area contributed by atoms with E-state index in [2.05, 4.69) is 5.32 Å². The van der Waals surface area contributed by atoms with Crippen LogP contribution in [0, 0.1) is 11.7 Å². The van der Waals surface area contributed by atoms with Crippen molar-refractivity contribution in [1.29, 1.82) is 0 Å². The maximum absolute atomic E-state index is 13.0. The molecule has 1 amide bonds. The average Bonchev–Trinajstić information content (AvgIpc) is 2.46. The number of carbonyl (C=O) groups excluding carboxylic acids is 1. The van der Waals surface area contributed by atoms with Crippen LogP contribution in [0.4, 0.5) is 4.39 Å². The fourth-order valence-corrected chi connectivity index (χ4v) is 3.16. The number of rotatable bonds is 5. The van der Waals surface area contributed by atoms with Crippen LogP contribution in [0.15, 0.2) is 24.3 Å². The Kier molecular flexibility index (Phi) is 5.38. The molecule has 0 heterocycles. The molecule has 0 unspecified atom stereocenters. The third-order valence-electron chi connectivity index (χ3n) is 4.52. The molecule has 3 heteroatoms. The first-order chi connectivity index (χ1) is 9.97. The van der Waals surface area contributed by atoms with Crippen molar-refractivity contribution >= 4 is 5.91 Å². The maximum atomic E-state index is 13.0. The molecule has 1 aromatic rings. The van der Waals surface area contributed by atoms with Crippen molar-refractivity contribution in [3.8, 4) is 0 Å². The van der Waals surface area contributed by atoms with Crippen LogP contribution < -0.4 is 5.32 Å². The van der Waals surface area contributed by atoms with Gasteiger partial charge in [0.1, 0.15) is 5.82 Å². The highest BCUT2D eigenvalue weighted by atomic mass is 19.1. The van der Waals surface area contributed by atoms with E-state index in [0.717, 1.165) is 17.9 Å². The molecule has 1 aliphatic rings. The molecule has 1 aliphatic carbocycles. The van der Waals surface area contributed by atoms with Crippen molar-refractivity contribution in [2.45, 2.75) is 64.3 Å². The molecule has 116 valence electrons. The molecule has 0 aliphatic heterocycles. The van der Waals surface area contributed by atoms with Crippen LogP contribution in [0.5, 0.6) is 0 Å². The molecular weight excluding hydrogens is 265 g/mol. The summed E-state index contributed by atoms with van der Waals surface area (Å²) in [6, 6.07) is 6.34. The molecule has 1 saturated carbocycles. The van der Waals surface area contributed by atoms with Crippen LogP contribution in [-0.2, 0) is 10.3 Å². The zero-order valence-corrected chi connectivity index (χ0v) is 13.1. The highest BCUT2D eigenvalue weighted by molar-refractivity contribution is 5.76. The van der Waals surface area contributed by atoms with Gasteiger partial charge in [0.05, 0.1) is 5.54 Å². The quantitative estimate of drug-likeness (QED) is 0.848. The van der Waals surface area contributed by atoms with Crippen molar-refractivity contribution < 1.29 is 9.18 Å². The molecule has 1 fully saturated rings. The fourth-order valence-electron chi connectivity index (χ4n) is 3.16. The minimum Gasteiger partial charge on any atom is -0.347 e. The molecule has 2 rings (SSSR count). The monoisotopic (exact) mass is 291 g/mol. The third-order valence-corrected chi connectivity index (χ3v) is 4.52. The lowest BCUT2D eigenvalue weighted by atomic mass is 9.86. The minimum absolute atomic E-state index is 0.0925. The van der Waals surface area contributed by atoms with E-state index < -0.39 is 5.54 Å². The van der Waals surface area contributed by atoms with Gasteiger partial charge in [0.25, 0.3) is 0 Å². The Bertz CT molecular complexity index is 461. The second kappa shape index (κ2) is 7.06. The number of carbonyl (C=O) groups is 1. The van der Waals surface area contributed by atoms with E-state index in [0.29, 0.717) is 6.42 Å². The van der Waals surface area contributed by atoms with E-state index in [1.54, 1.807) is 12.1 Å². The van der Waals surface area contributed by atoms with Crippen LogP contribution in [0.1, 0.15) is 64.4 Å². The number of hydrogen-bond donors (Lipinski definition) is 1. The molecular formula is C18H26FNO. The van der Waals surface area contributed by atoms with Crippen LogP contribution >= 0.6 is 0 Å². The summed E-state index contributed by atoms with van der Waals surface area (Å²) in [4.78, 5) is 12.2. The first-order valence-corrected chi connectivity index (χ1v) is 8.04. The van der Waals surface area contributed by atoms with E-state index in [1.807, 2.05) is 13.8 Å². The van der Waals surface area contributed by atoms with Gasteiger partial charge in [-0.1, -0.05) is 44.2 Å². The average molecular weight is 291 g/mol. The predicted molar refractivity (Wildman–Crippen MR) is 83.4 cm³/mol. The van der Waals surface area contributed by atoms with Gasteiger partial charge in [-0.2, -0.15) is 0 Å². The van der Waals surface area contributed by atoms with Gasteiger partial charge in [-0.15, -0.1) is 0 Å². The zero-order valence-electron chi connectivity index (χ0n) is 13.1. The lowest BCUT2D eigenvalue weighted by Crippen LogP contribution is -2.41. The van der Waals surface area contributed by atoms with Gasteiger partial charge in [-0.3, -0.25) is 4.79 Å². The summed E-state index contributed by atoms with van der Waals surface area (Å²) in [6.45, 7) is 3.91. The topological polar surface area (TPSA) is 29.1 Å². The van der Waals surface area contributed by atoms with Crippen LogP contribution in [0.25, 0.3) is 0 Å². The summed E-state index contributed by atoms with van der Waals surface area (Å²) in [5, 5.41) is 3.07. The first-order valence-electron chi connectivity index (χ1n) is 8.04. The first kappa shape index (κ1) is 16.0. The molecule has 0 radical (unpaired) electrons. The highest BCUT2D eigenvalue weighted by Crippen LogP contribution is 2.27. The van der Waals surface area contributed by atoms with Crippen LogP contribution in [0.2, 0.25) is 0 Å². The smallest absolute Gasteiger partial charge is 0.220 e. The number of benzene rings is 1. The lowest BCUT2D eigenvalue weighted by molar-refractivity contribution is -0.123. The minimum atomic E-state index is -0.461. The van der Waals surface area contributed by atoms with E-state index in [-0.39, 0.29) is 11.7 Å². The van der Waals surface area contributed by atoms with Crippen molar-refractivity contribution in [3.05, 3.63) is 35.6 Å². The fraction of sp³-hybridized carbons (Fsp3) is 0.611. The normalized spacial score (nSPS) is 16.7. The van der Waals surface area contributed by atoms with Crippen molar-refractivity contribution in [2.75, 3.05) is 0 Å². The van der Waals surface area contributed by atoms with E-state index >= 15 is 0 Å². The van der Waals surface area contributed by atoms with Gasteiger partial charge in [0.15, 0.2) is 0 Å². The van der Waals surface area contributed by atoms with E-state index in [4.69, 9.17) is 0 Å². The highest BCUT2D eigenvalue weighted by Gasteiger charge is 2.23. The molecule has 0 spiro atoms. The standard InChI is InChI=1S/C18H26FNO/c1-18(2,15-9-11-16(19)12-10-15)20-17(21)13-8-14-6-4-3-5-7-14/h9-12,14H,3-8,13H2,1-2H3,(H,20,21). The van der Waals surface area contributed by atoms with Crippen LogP contribution in [-0.4, -0.2) is 5.91 Å². The van der Waals surface area contributed by atoms with E-state index in [1.165, 1.54) is 44.2 Å². The SMILES string of the molecule is CC(C)(NC(=O)CCC1CCCCC1)c1ccc(F)cc1. The summed E-state index contributed by atoms with van der Waals surface area (Å²) < 4.78 is 13.0. The summed E-state index contributed by atoms with van der Waals surface area (Å²) in [5.41, 5.74) is 0.465. The molecule has 0 saturated heterocycles. The molecule has 0 bridgehead atoms. The zero-order chi connectivity index (χ0) is 15.3. The number of halogens is 1. The van der Waals surface area contributed by atoms with Gasteiger partial charge < -0.3 is 5.32 Å². The molecule has 0 atom stereocenters. The van der Waals surface area contributed by atoms with Gasteiger partial charge in [-0.05, 0) is 43.9 Å². The molecule has 1 N–H and O–H groups in total. The second-order valence-electron chi connectivity index (χ2n) is 6.72. The van der Waals surface area contributed by atoms with Crippen molar-refractivity contribution in [3.63, 3.8) is 0 Å². The molecule has 1 aromatic carbocycles. The third kappa shape index (κ3) is 4.83. The lowest BCUT2D eigenvalue weighted by Gasteiger charge is -2.28. The summed E-state index contributed by atoms with van der Waals surface area (Å²) in [7, 11) is 0. The molecule has 21 heavy (non-hydrogen) atoms. The largest absolute Gasteiger partial charge is 0.347 e. The number of hydrogen-bond acceptors (Lipinski definition) is 1. The summed E-state index contributed by atoms with van der Waals surface area (Å²) >= 11 is 0. The maximum Gasteiger partial charge on any atom is 0.220 e. The van der Waals surface area contributed by atoms with Gasteiger partial charge in [0.2, 0.25) is 5.91 Å². The Labute approximate surface area is 127 Å². The second-order valence-corrected chi connectivity index (χ2v) is 6.72. The van der Waals surface area contributed by atoms with E-state index in [9.17, 15) is 9.18 Å². The summed E-state index contributed by atoms with van der Waals surface area (Å²) in [5.74, 6) is 0.562. The molecule has 2 nitrogen and oxygen atoms in total.